The van der Waals surface area contributed by atoms with E-state index >= 15 is 0 Å². The lowest BCUT2D eigenvalue weighted by molar-refractivity contribution is -0.121. The van der Waals surface area contributed by atoms with Crippen molar-refractivity contribution in [2.45, 2.75) is 31.7 Å². The Labute approximate surface area is 108 Å². The predicted molar refractivity (Wildman–Crippen MR) is 67.2 cm³/mol. The van der Waals surface area contributed by atoms with Gasteiger partial charge in [0.25, 0.3) is 0 Å². The Morgan fingerprint density at radius 2 is 2.44 bits per heavy atom. The zero-order valence-corrected chi connectivity index (χ0v) is 10.8. The molecule has 0 aromatic carbocycles. The molecule has 92 valence electrons. The number of imidazole rings is 1. The summed E-state index contributed by atoms with van der Waals surface area (Å²) < 4.78 is 1.93. The van der Waals surface area contributed by atoms with Gasteiger partial charge in [-0.15, -0.1) is 11.3 Å². The first kappa shape index (κ1) is 11.2. The van der Waals surface area contributed by atoms with Gasteiger partial charge in [0, 0.05) is 17.3 Å². The second-order valence-electron chi connectivity index (χ2n) is 4.68. The standard InChI is InChI=1S/C12H12N4OS/c1-8-5-16-6-9(14-11(16)18-8)4-10(17)15-12(7-13)2-3-12/h5-6H,2-4H2,1H3,(H,15,17). The number of thiazole rings is 1. The van der Waals surface area contributed by atoms with E-state index in [4.69, 9.17) is 5.26 Å². The van der Waals surface area contributed by atoms with Gasteiger partial charge in [0.05, 0.1) is 18.2 Å². The van der Waals surface area contributed by atoms with Gasteiger partial charge in [0.1, 0.15) is 5.54 Å². The van der Waals surface area contributed by atoms with Gasteiger partial charge in [0.15, 0.2) is 4.96 Å². The monoisotopic (exact) mass is 260 g/mol. The van der Waals surface area contributed by atoms with Crippen LogP contribution in [0.15, 0.2) is 12.4 Å². The van der Waals surface area contributed by atoms with Crippen LogP contribution in [0.5, 0.6) is 0 Å². The predicted octanol–water partition coefficient (Wildman–Crippen LogP) is 1.42. The van der Waals surface area contributed by atoms with Crippen LogP contribution >= 0.6 is 11.3 Å². The summed E-state index contributed by atoms with van der Waals surface area (Å²) >= 11 is 1.60. The normalized spacial score (nSPS) is 16.4. The Bertz CT molecular complexity index is 628. The maximum atomic E-state index is 11.8. The highest BCUT2D eigenvalue weighted by Crippen LogP contribution is 2.34. The second kappa shape index (κ2) is 3.82. The number of hydrogen-bond donors (Lipinski definition) is 1. The highest BCUT2D eigenvalue weighted by atomic mass is 32.1. The van der Waals surface area contributed by atoms with Gasteiger partial charge < -0.3 is 5.32 Å². The van der Waals surface area contributed by atoms with Gasteiger partial charge in [0.2, 0.25) is 5.91 Å². The van der Waals surface area contributed by atoms with Crippen molar-refractivity contribution in [2.24, 2.45) is 0 Å². The molecule has 2 aromatic rings. The van der Waals surface area contributed by atoms with Gasteiger partial charge in [-0.25, -0.2) is 4.98 Å². The highest BCUT2D eigenvalue weighted by Gasteiger charge is 2.44. The van der Waals surface area contributed by atoms with Crippen molar-refractivity contribution in [1.82, 2.24) is 14.7 Å². The summed E-state index contributed by atoms with van der Waals surface area (Å²) in [6.45, 7) is 2.02. The molecule has 18 heavy (non-hydrogen) atoms. The average molecular weight is 260 g/mol. The zero-order valence-electron chi connectivity index (χ0n) is 9.93. The van der Waals surface area contributed by atoms with Crippen LogP contribution in [-0.4, -0.2) is 20.8 Å². The fourth-order valence-electron chi connectivity index (χ4n) is 1.91. The van der Waals surface area contributed by atoms with E-state index in [0.29, 0.717) is 0 Å². The molecule has 1 aliphatic carbocycles. The minimum absolute atomic E-state index is 0.128. The molecular formula is C12H12N4OS. The Morgan fingerprint density at radius 1 is 1.67 bits per heavy atom. The number of hydrogen-bond acceptors (Lipinski definition) is 4. The maximum Gasteiger partial charge on any atom is 0.227 e. The van der Waals surface area contributed by atoms with Crippen molar-refractivity contribution in [1.29, 1.82) is 5.26 Å². The maximum absolute atomic E-state index is 11.8. The molecule has 0 unspecified atom stereocenters. The number of nitrogens with zero attached hydrogens (tertiary/aromatic N) is 3. The number of nitrogens with one attached hydrogen (secondary N) is 1. The van der Waals surface area contributed by atoms with Gasteiger partial charge in [-0.1, -0.05) is 0 Å². The minimum atomic E-state index is -0.592. The SMILES string of the molecule is Cc1cn2cc(CC(=O)NC3(C#N)CC3)nc2s1. The lowest BCUT2D eigenvalue weighted by Gasteiger charge is -2.07. The molecule has 6 heteroatoms. The van der Waals surface area contributed by atoms with Crippen molar-refractivity contribution in [3.8, 4) is 6.07 Å². The fraction of sp³-hybridized carbons (Fsp3) is 0.417. The molecule has 0 aliphatic heterocycles. The second-order valence-corrected chi connectivity index (χ2v) is 5.90. The third-order valence-corrected chi connectivity index (χ3v) is 3.92. The van der Waals surface area contributed by atoms with Crippen LogP contribution in [0.2, 0.25) is 0 Å². The van der Waals surface area contributed by atoms with Gasteiger partial charge in [-0.3, -0.25) is 9.20 Å². The number of aromatic nitrogens is 2. The van der Waals surface area contributed by atoms with Crippen molar-refractivity contribution in [3.05, 3.63) is 23.0 Å². The molecule has 2 aromatic heterocycles. The van der Waals surface area contributed by atoms with Crippen molar-refractivity contribution in [2.75, 3.05) is 0 Å². The van der Waals surface area contributed by atoms with Gasteiger partial charge >= 0.3 is 0 Å². The number of amides is 1. The highest BCUT2D eigenvalue weighted by molar-refractivity contribution is 7.16. The topological polar surface area (TPSA) is 70.2 Å². The summed E-state index contributed by atoms with van der Waals surface area (Å²) in [6, 6.07) is 2.14. The van der Waals surface area contributed by atoms with Crippen molar-refractivity contribution in [3.63, 3.8) is 0 Å². The third-order valence-electron chi connectivity index (χ3n) is 3.01. The number of fused-ring (bicyclic) bond motifs is 1. The van der Waals surface area contributed by atoms with Crippen LogP contribution in [0.3, 0.4) is 0 Å². The van der Waals surface area contributed by atoms with E-state index < -0.39 is 5.54 Å². The van der Waals surface area contributed by atoms with Crippen molar-refractivity contribution >= 4 is 22.2 Å². The Kier molecular flexibility index (Phi) is 2.38. The molecule has 1 N–H and O–H groups in total. The molecule has 3 rings (SSSR count). The number of carbonyl (C=O) groups is 1. The molecule has 0 radical (unpaired) electrons. The lowest BCUT2D eigenvalue weighted by Crippen LogP contribution is -2.36. The summed E-state index contributed by atoms with van der Waals surface area (Å²) in [5.41, 5.74) is 0.151. The van der Waals surface area contributed by atoms with E-state index in [2.05, 4.69) is 16.4 Å². The van der Waals surface area contributed by atoms with E-state index in [1.54, 1.807) is 11.3 Å². The third kappa shape index (κ3) is 1.97. The molecule has 1 fully saturated rings. The molecule has 1 amide bonds. The van der Waals surface area contributed by atoms with Crippen LogP contribution < -0.4 is 5.32 Å². The molecule has 5 nitrogen and oxygen atoms in total. The first-order valence-corrected chi connectivity index (χ1v) is 6.58. The largest absolute Gasteiger partial charge is 0.337 e. The zero-order chi connectivity index (χ0) is 12.8. The summed E-state index contributed by atoms with van der Waals surface area (Å²) in [4.78, 5) is 18.3. The Hall–Kier alpha value is -1.87. The van der Waals surface area contributed by atoms with Gasteiger partial charge in [-0.05, 0) is 19.8 Å². The smallest absolute Gasteiger partial charge is 0.227 e. The lowest BCUT2D eigenvalue weighted by atomic mass is 10.2. The van der Waals surface area contributed by atoms with E-state index in [1.165, 1.54) is 4.88 Å². The quantitative estimate of drug-likeness (QED) is 0.907. The van der Waals surface area contributed by atoms with E-state index in [0.717, 1.165) is 23.5 Å². The summed E-state index contributed by atoms with van der Waals surface area (Å²) in [6.07, 6.45) is 5.60. The number of rotatable bonds is 3. The molecule has 1 aliphatic rings. The van der Waals surface area contributed by atoms with Crippen LogP contribution in [-0.2, 0) is 11.2 Å². The molecule has 0 atom stereocenters. The summed E-state index contributed by atoms with van der Waals surface area (Å²) in [5.74, 6) is -0.128. The van der Waals surface area contributed by atoms with Crippen LogP contribution in [0.1, 0.15) is 23.4 Å². The number of carbonyl (C=O) groups excluding carboxylic acids is 1. The van der Waals surface area contributed by atoms with Crippen LogP contribution in [0.25, 0.3) is 4.96 Å². The first-order valence-electron chi connectivity index (χ1n) is 5.76. The van der Waals surface area contributed by atoms with Gasteiger partial charge in [-0.2, -0.15) is 5.26 Å². The minimum Gasteiger partial charge on any atom is -0.337 e. The summed E-state index contributed by atoms with van der Waals surface area (Å²) in [7, 11) is 0. The molecule has 1 saturated carbocycles. The Balaban J connectivity index is 1.70. The molecule has 0 saturated heterocycles. The summed E-state index contributed by atoms with van der Waals surface area (Å²) in [5, 5.41) is 11.7. The first-order chi connectivity index (χ1) is 8.60. The Morgan fingerprint density at radius 3 is 3.06 bits per heavy atom. The average Bonchev–Trinajstić information content (AvgIpc) is 2.85. The van der Waals surface area contributed by atoms with E-state index in [-0.39, 0.29) is 12.3 Å². The molecule has 0 spiro atoms. The van der Waals surface area contributed by atoms with Crippen LogP contribution in [0, 0.1) is 18.3 Å². The number of nitriles is 1. The fourth-order valence-corrected chi connectivity index (χ4v) is 2.74. The van der Waals surface area contributed by atoms with Crippen molar-refractivity contribution < 1.29 is 4.79 Å². The molecule has 2 heterocycles. The van der Waals surface area contributed by atoms with Crippen LogP contribution in [0.4, 0.5) is 0 Å². The molecular weight excluding hydrogens is 248 g/mol. The van der Waals surface area contributed by atoms with E-state index in [1.807, 2.05) is 23.7 Å². The molecule has 0 bridgehead atoms. The number of aryl methyl sites for hydroxylation is 1. The van der Waals surface area contributed by atoms with E-state index in [9.17, 15) is 4.79 Å².